The van der Waals surface area contributed by atoms with E-state index in [1.54, 1.807) is 18.2 Å². The number of hydrogen-bond donors (Lipinski definition) is 1. The van der Waals surface area contributed by atoms with Crippen molar-refractivity contribution in [3.05, 3.63) is 97.4 Å². The summed E-state index contributed by atoms with van der Waals surface area (Å²) in [5.74, 6) is 0.0187. The molecule has 36 heavy (non-hydrogen) atoms. The molecule has 0 radical (unpaired) electrons. The van der Waals surface area contributed by atoms with E-state index >= 15 is 0 Å². The molecule has 0 aliphatic carbocycles. The summed E-state index contributed by atoms with van der Waals surface area (Å²) in [6.45, 7) is 6.13. The van der Waals surface area contributed by atoms with E-state index in [2.05, 4.69) is 21.2 Å². The van der Waals surface area contributed by atoms with Crippen molar-refractivity contribution < 1.29 is 14.3 Å². The number of ether oxygens (including phenoxy) is 1. The minimum absolute atomic E-state index is 0.130. The first-order valence-electron chi connectivity index (χ1n) is 11.6. The summed E-state index contributed by atoms with van der Waals surface area (Å²) in [6.07, 6.45) is 0.347. The van der Waals surface area contributed by atoms with Crippen molar-refractivity contribution in [3.63, 3.8) is 0 Å². The molecular formula is C28H29BrCl2N2O3. The number of carbonyl (C=O) groups excluding carboxylic acids is 2. The second-order valence-electron chi connectivity index (χ2n) is 8.52. The fourth-order valence-electron chi connectivity index (χ4n) is 3.90. The first-order chi connectivity index (χ1) is 17.2. The van der Waals surface area contributed by atoms with Gasteiger partial charge in [-0.3, -0.25) is 9.59 Å². The van der Waals surface area contributed by atoms with E-state index in [1.807, 2.05) is 63.2 Å². The standard InChI is InChI=1S/C28H29BrCl2N2O3/c1-4-32-28(35)25(14-20-8-6-5-7-9-20)33(16-21-10-11-22(30)15-24(21)31)26(34)17-36-23-12-18(2)27(29)19(3)13-23/h5-13,15,25H,4,14,16-17H2,1-3H3,(H,32,35)/t25-/m0/s1. The predicted octanol–water partition coefficient (Wildman–Crippen LogP) is 6.53. The number of halogens is 3. The van der Waals surface area contributed by atoms with Gasteiger partial charge in [0.25, 0.3) is 5.91 Å². The average molecular weight is 592 g/mol. The van der Waals surface area contributed by atoms with Crippen LogP contribution in [0.4, 0.5) is 0 Å². The number of nitrogens with zero attached hydrogens (tertiary/aromatic N) is 1. The highest BCUT2D eigenvalue weighted by atomic mass is 79.9. The van der Waals surface area contributed by atoms with Gasteiger partial charge in [0.05, 0.1) is 0 Å². The third-order valence-electron chi connectivity index (χ3n) is 5.75. The van der Waals surface area contributed by atoms with Gasteiger partial charge in [0.1, 0.15) is 11.8 Å². The Hall–Kier alpha value is -2.54. The molecule has 3 aromatic rings. The van der Waals surface area contributed by atoms with Gasteiger partial charge in [-0.25, -0.2) is 0 Å². The molecule has 0 fully saturated rings. The van der Waals surface area contributed by atoms with Crippen LogP contribution < -0.4 is 10.1 Å². The first-order valence-corrected chi connectivity index (χ1v) is 13.2. The minimum atomic E-state index is -0.761. The van der Waals surface area contributed by atoms with Gasteiger partial charge in [0.15, 0.2) is 6.61 Å². The van der Waals surface area contributed by atoms with Crippen LogP contribution in [0.15, 0.2) is 65.1 Å². The molecule has 2 amide bonds. The van der Waals surface area contributed by atoms with Crippen LogP contribution in [0, 0.1) is 13.8 Å². The molecule has 0 aliphatic rings. The van der Waals surface area contributed by atoms with Gasteiger partial charge >= 0.3 is 0 Å². The fourth-order valence-corrected chi connectivity index (χ4v) is 4.59. The summed E-state index contributed by atoms with van der Waals surface area (Å²) < 4.78 is 6.89. The molecule has 1 N–H and O–H groups in total. The van der Waals surface area contributed by atoms with Crippen molar-refractivity contribution in [3.8, 4) is 5.75 Å². The fraction of sp³-hybridized carbons (Fsp3) is 0.286. The Morgan fingerprint density at radius 3 is 2.31 bits per heavy atom. The quantitative estimate of drug-likeness (QED) is 0.292. The third kappa shape index (κ3) is 7.48. The van der Waals surface area contributed by atoms with E-state index in [9.17, 15) is 9.59 Å². The van der Waals surface area contributed by atoms with Gasteiger partial charge in [0.2, 0.25) is 5.91 Å². The molecule has 0 aliphatic heterocycles. The Balaban J connectivity index is 1.93. The Bertz CT molecular complexity index is 1200. The van der Waals surface area contributed by atoms with Crippen LogP contribution in [0.5, 0.6) is 5.75 Å². The molecule has 0 spiro atoms. The largest absolute Gasteiger partial charge is 0.484 e. The van der Waals surface area contributed by atoms with Crippen molar-refractivity contribution in [2.24, 2.45) is 0 Å². The lowest BCUT2D eigenvalue weighted by atomic mass is 10.0. The minimum Gasteiger partial charge on any atom is -0.484 e. The number of rotatable bonds is 10. The van der Waals surface area contributed by atoms with Crippen LogP contribution in [0.25, 0.3) is 0 Å². The topological polar surface area (TPSA) is 58.6 Å². The molecule has 190 valence electrons. The van der Waals surface area contributed by atoms with Gasteiger partial charge in [0, 0.05) is 34.0 Å². The maximum Gasteiger partial charge on any atom is 0.261 e. The number of amides is 2. The zero-order valence-corrected chi connectivity index (χ0v) is 23.6. The molecule has 8 heteroatoms. The molecule has 0 heterocycles. The summed E-state index contributed by atoms with van der Waals surface area (Å²) in [5.41, 5.74) is 3.64. The SMILES string of the molecule is CCNC(=O)[C@H](Cc1ccccc1)N(Cc1ccc(Cl)cc1Cl)C(=O)COc1cc(C)c(Br)c(C)c1. The Morgan fingerprint density at radius 2 is 1.69 bits per heavy atom. The highest BCUT2D eigenvalue weighted by Gasteiger charge is 2.31. The Labute approximate surface area is 230 Å². The van der Waals surface area contributed by atoms with E-state index in [0.717, 1.165) is 21.2 Å². The highest BCUT2D eigenvalue weighted by Crippen LogP contribution is 2.27. The monoisotopic (exact) mass is 590 g/mol. The lowest BCUT2D eigenvalue weighted by Gasteiger charge is -2.31. The van der Waals surface area contributed by atoms with Crippen molar-refractivity contribution in [2.45, 2.75) is 39.8 Å². The number of likely N-dealkylation sites (N-methyl/N-ethyl adjacent to an activating group) is 1. The molecule has 5 nitrogen and oxygen atoms in total. The van der Waals surface area contributed by atoms with Crippen LogP contribution in [-0.4, -0.2) is 35.9 Å². The molecule has 0 saturated carbocycles. The van der Waals surface area contributed by atoms with E-state index in [-0.39, 0.29) is 25.0 Å². The summed E-state index contributed by atoms with van der Waals surface area (Å²) in [5, 5.41) is 3.79. The van der Waals surface area contributed by atoms with Crippen LogP contribution >= 0.6 is 39.1 Å². The molecule has 0 aromatic heterocycles. The summed E-state index contributed by atoms with van der Waals surface area (Å²) in [7, 11) is 0. The molecule has 3 aromatic carbocycles. The zero-order chi connectivity index (χ0) is 26.2. The Morgan fingerprint density at radius 1 is 1.03 bits per heavy atom. The number of carbonyl (C=O) groups is 2. The van der Waals surface area contributed by atoms with Crippen LogP contribution in [0.2, 0.25) is 10.0 Å². The second kappa shape index (κ2) is 13.1. The van der Waals surface area contributed by atoms with E-state index in [0.29, 0.717) is 34.3 Å². The lowest BCUT2D eigenvalue weighted by Crippen LogP contribution is -2.51. The van der Waals surface area contributed by atoms with Gasteiger partial charge in [-0.1, -0.05) is 75.5 Å². The first kappa shape index (κ1) is 28.0. The molecule has 0 saturated heterocycles. The zero-order valence-electron chi connectivity index (χ0n) is 20.5. The number of benzene rings is 3. The molecule has 0 unspecified atom stereocenters. The summed E-state index contributed by atoms with van der Waals surface area (Å²) >= 11 is 16.1. The Kier molecular flexibility index (Phi) is 10.2. The molecular weight excluding hydrogens is 563 g/mol. The lowest BCUT2D eigenvalue weighted by molar-refractivity contribution is -0.142. The average Bonchev–Trinajstić information content (AvgIpc) is 2.85. The van der Waals surface area contributed by atoms with Crippen LogP contribution in [-0.2, 0) is 22.6 Å². The maximum atomic E-state index is 13.6. The van der Waals surface area contributed by atoms with Gasteiger partial charge in [-0.05, 0) is 67.3 Å². The summed E-state index contributed by atoms with van der Waals surface area (Å²) in [4.78, 5) is 28.4. The number of aryl methyl sites for hydroxylation is 2. The van der Waals surface area contributed by atoms with Crippen LogP contribution in [0.1, 0.15) is 29.2 Å². The van der Waals surface area contributed by atoms with E-state index < -0.39 is 6.04 Å². The third-order valence-corrected chi connectivity index (χ3v) is 7.59. The predicted molar refractivity (Wildman–Crippen MR) is 149 cm³/mol. The number of hydrogen-bond acceptors (Lipinski definition) is 3. The molecule has 3 rings (SSSR count). The maximum absolute atomic E-state index is 13.6. The van der Waals surface area contributed by atoms with Gasteiger partial charge in [-0.2, -0.15) is 0 Å². The van der Waals surface area contributed by atoms with E-state index in [4.69, 9.17) is 27.9 Å². The van der Waals surface area contributed by atoms with Gasteiger partial charge < -0.3 is 15.0 Å². The van der Waals surface area contributed by atoms with Crippen molar-refractivity contribution in [1.82, 2.24) is 10.2 Å². The van der Waals surface area contributed by atoms with Crippen molar-refractivity contribution in [1.29, 1.82) is 0 Å². The van der Waals surface area contributed by atoms with Crippen molar-refractivity contribution in [2.75, 3.05) is 13.2 Å². The highest BCUT2D eigenvalue weighted by molar-refractivity contribution is 9.10. The number of nitrogens with one attached hydrogen (secondary N) is 1. The summed E-state index contributed by atoms with van der Waals surface area (Å²) in [6, 6.07) is 17.7. The van der Waals surface area contributed by atoms with Crippen molar-refractivity contribution >= 4 is 50.9 Å². The molecule has 1 atom stereocenters. The van der Waals surface area contributed by atoms with E-state index in [1.165, 1.54) is 4.90 Å². The normalized spacial score (nSPS) is 11.6. The smallest absolute Gasteiger partial charge is 0.261 e. The van der Waals surface area contributed by atoms with Gasteiger partial charge in [-0.15, -0.1) is 0 Å². The second-order valence-corrected chi connectivity index (χ2v) is 10.2. The molecule has 0 bridgehead atoms. The van der Waals surface area contributed by atoms with Crippen LogP contribution in [0.3, 0.4) is 0 Å².